The molecule has 18 heavy (non-hydrogen) atoms. The average Bonchev–Trinajstić information content (AvgIpc) is 2.41. The minimum Gasteiger partial charge on any atom is -0.327 e. The molecule has 2 N–H and O–H groups in total. The van der Waals surface area contributed by atoms with Crippen molar-refractivity contribution < 1.29 is 0 Å². The topological polar surface area (TPSA) is 29.3 Å². The van der Waals surface area contributed by atoms with E-state index in [1.165, 1.54) is 47.9 Å². The second-order valence-electron chi connectivity index (χ2n) is 5.88. The molecule has 0 aromatic heterocycles. The average molecular weight is 356 g/mol. The first kappa shape index (κ1) is 12.9. The number of rotatable bonds is 2. The van der Waals surface area contributed by atoms with E-state index in [-0.39, 0.29) is 0 Å². The third-order valence-corrected chi connectivity index (χ3v) is 6.00. The van der Waals surface area contributed by atoms with Gasteiger partial charge in [0.1, 0.15) is 0 Å². The Morgan fingerprint density at radius 2 is 1.94 bits per heavy atom. The number of halogens is 1. The monoisotopic (exact) mass is 356 g/mol. The molecule has 1 saturated heterocycles. The van der Waals surface area contributed by atoms with E-state index < -0.39 is 0 Å². The summed E-state index contributed by atoms with van der Waals surface area (Å²) in [7, 11) is 0. The zero-order valence-corrected chi connectivity index (χ0v) is 12.9. The minimum atomic E-state index is 0.483. The van der Waals surface area contributed by atoms with Crippen molar-refractivity contribution >= 4 is 22.6 Å². The van der Waals surface area contributed by atoms with Crippen molar-refractivity contribution in [2.24, 2.45) is 11.1 Å². The second kappa shape index (κ2) is 5.10. The maximum atomic E-state index is 6.19. The Morgan fingerprint density at radius 3 is 2.50 bits per heavy atom. The molecule has 98 valence electrons. The van der Waals surface area contributed by atoms with Crippen LogP contribution in [0.2, 0.25) is 0 Å². The van der Waals surface area contributed by atoms with Gasteiger partial charge in [0.05, 0.1) is 0 Å². The van der Waals surface area contributed by atoms with Gasteiger partial charge in [0, 0.05) is 16.2 Å². The third kappa shape index (κ3) is 2.32. The molecule has 0 bridgehead atoms. The summed E-state index contributed by atoms with van der Waals surface area (Å²) in [4.78, 5) is 2.59. The first-order valence-corrected chi connectivity index (χ1v) is 7.99. The second-order valence-corrected chi connectivity index (χ2v) is 7.04. The molecule has 2 nitrogen and oxygen atoms in total. The first-order valence-electron chi connectivity index (χ1n) is 6.91. The van der Waals surface area contributed by atoms with E-state index in [9.17, 15) is 0 Å². The Hall–Kier alpha value is -0.130. The molecule has 0 amide bonds. The molecule has 1 atom stereocenters. The number of benzene rings is 1. The van der Waals surface area contributed by atoms with E-state index >= 15 is 0 Å². The van der Waals surface area contributed by atoms with Crippen LogP contribution < -0.4 is 5.73 Å². The lowest BCUT2D eigenvalue weighted by atomic mass is 9.60. The lowest BCUT2D eigenvalue weighted by Crippen LogP contribution is -2.55. The molecule has 1 aromatic rings. The maximum Gasteiger partial charge on any atom is 0.0244 e. The van der Waals surface area contributed by atoms with Gasteiger partial charge in [-0.1, -0.05) is 18.2 Å². The predicted molar refractivity (Wildman–Crippen MR) is 83.3 cm³/mol. The van der Waals surface area contributed by atoms with E-state index in [1.54, 1.807) is 0 Å². The molecule has 0 radical (unpaired) electrons. The van der Waals surface area contributed by atoms with Crippen molar-refractivity contribution in [1.29, 1.82) is 0 Å². The fourth-order valence-electron chi connectivity index (χ4n) is 3.36. The van der Waals surface area contributed by atoms with Crippen LogP contribution in [0.25, 0.3) is 0 Å². The molecule has 2 aliphatic rings. The highest BCUT2D eigenvalue weighted by molar-refractivity contribution is 14.1. The molecule has 1 aliphatic carbocycles. The van der Waals surface area contributed by atoms with Crippen molar-refractivity contribution in [3.05, 3.63) is 33.4 Å². The first-order chi connectivity index (χ1) is 8.70. The molecule has 3 rings (SSSR count). The predicted octanol–water partition coefficient (Wildman–Crippen LogP) is 2.99. The summed E-state index contributed by atoms with van der Waals surface area (Å²) in [6.45, 7) is 3.54. The molecule has 1 spiro atoms. The number of hydrogen-bond donors (Lipinski definition) is 1. The summed E-state index contributed by atoms with van der Waals surface area (Å²) >= 11 is 2.44. The van der Waals surface area contributed by atoms with E-state index in [2.05, 4.69) is 51.8 Å². The van der Waals surface area contributed by atoms with E-state index in [0.29, 0.717) is 11.5 Å². The number of nitrogens with two attached hydrogens (primary N) is 1. The van der Waals surface area contributed by atoms with Crippen LogP contribution in [0.15, 0.2) is 24.3 Å². The molecule has 1 unspecified atom stereocenters. The number of hydrogen-bond acceptors (Lipinski definition) is 2. The standard InChI is InChI=1S/C15H21IN2/c16-13-4-2-1-3-12(13)11-18-9-7-15(8-10-18)6-5-14(15)17/h1-4,14H,5-11,17H2. The van der Waals surface area contributed by atoms with Crippen LogP contribution >= 0.6 is 22.6 Å². The van der Waals surface area contributed by atoms with Crippen molar-refractivity contribution in [2.75, 3.05) is 13.1 Å². The third-order valence-electron chi connectivity index (χ3n) is 4.94. The zero-order valence-electron chi connectivity index (χ0n) is 10.7. The molecule has 1 aromatic carbocycles. The summed E-state index contributed by atoms with van der Waals surface area (Å²) in [5.74, 6) is 0. The molecule has 3 heteroatoms. The quantitative estimate of drug-likeness (QED) is 0.826. The van der Waals surface area contributed by atoms with Gasteiger partial charge in [0.15, 0.2) is 0 Å². The van der Waals surface area contributed by atoms with Gasteiger partial charge < -0.3 is 5.73 Å². The van der Waals surface area contributed by atoms with Crippen molar-refractivity contribution in [1.82, 2.24) is 4.90 Å². The fraction of sp³-hybridized carbons (Fsp3) is 0.600. The van der Waals surface area contributed by atoms with E-state index in [4.69, 9.17) is 5.73 Å². The summed E-state index contributed by atoms with van der Waals surface area (Å²) in [6, 6.07) is 9.19. The lowest BCUT2D eigenvalue weighted by molar-refractivity contribution is 0.00766. The van der Waals surface area contributed by atoms with Crippen LogP contribution in [-0.2, 0) is 6.54 Å². The van der Waals surface area contributed by atoms with Crippen LogP contribution in [0.3, 0.4) is 0 Å². The van der Waals surface area contributed by atoms with Gasteiger partial charge in [-0.2, -0.15) is 0 Å². The SMILES string of the molecule is NC1CCC12CCN(Cc1ccccc1I)CC2. The van der Waals surface area contributed by atoms with Gasteiger partial charge in [0.2, 0.25) is 0 Å². The molecule has 1 saturated carbocycles. The highest BCUT2D eigenvalue weighted by Gasteiger charge is 2.45. The number of piperidine rings is 1. The highest BCUT2D eigenvalue weighted by Crippen LogP contribution is 2.48. The maximum absolute atomic E-state index is 6.19. The van der Waals surface area contributed by atoms with Gasteiger partial charge in [-0.3, -0.25) is 4.90 Å². The normalized spacial score (nSPS) is 27.1. The Labute approximate surface area is 123 Å². The highest BCUT2D eigenvalue weighted by atomic mass is 127. The Morgan fingerprint density at radius 1 is 1.22 bits per heavy atom. The number of nitrogens with zero attached hydrogens (tertiary/aromatic N) is 1. The van der Waals surface area contributed by atoms with Gasteiger partial charge in [0.25, 0.3) is 0 Å². The summed E-state index contributed by atoms with van der Waals surface area (Å²) in [5.41, 5.74) is 8.17. The lowest BCUT2D eigenvalue weighted by Gasteiger charge is -2.52. The van der Waals surface area contributed by atoms with Crippen molar-refractivity contribution in [3.63, 3.8) is 0 Å². The molecule has 2 fully saturated rings. The molecule has 1 heterocycles. The van der Waals surface area contributed by atoms with Gasteiger partial charge >= 0.3 is 0 Å². The van der Waals surface area contributed by atoms with Crippen LogP contribution in [0, 0.1) is 8.99 Å². The van der Waals surface area contributed by atoms with Gasteiger partial charge in [-0.15, -0.1) is 0 Å². The fourth-order valence-corrected chi connectivity index (χ4v) is 3.92. The Bertz CT molecular complexity index is 424. The Balaban J connectivity index is 1.59. The Kier molecular flexibility index (Phi) is 3.65. The largest absolute Gasteiger partial charge is 0.327 e. The zero-order chi connectivity index (χ0) is 12.6. The van der Waals surface area contributed by atoms with Crippen LogP contribution in [-0.4, -0.2) is 24.0 Å². The molecular formula is C15H21IN2. The summed E-state index contributed by atoms with van der Waals surface area (Å²) in [6.07, 6.45) is 5.22. The van der Waals surface area contributed by atoms with Crippen molar-refractivity contribution in [3.8, 4) is 0 Å². The van der Waals surface area contributed by atoms with Crippen LogP contribution in [0.4, 0.5) is 0 Å². The van der Waals surface area contributed by atoms with Crippen molar-refractivity contribution in [2.45, 2.75) is 38.3 Å². The van der Waals surface area contributed by atoms with Crippen LogP contribution in [0.1, 0.15) is 31.2 Å². The molecular weight excluding hydrogens is 335 g/mol. The summed E-state index contributed by atoms with van der Waals surface area (Å²) in [5, 5.41) is 0. The van der Waals surface area contributed by atoms with Gasteiger partial charge in [-0.05, 0) is 78.4 Å². The van der Waals surface area contributed by atoms with E-state index in [0.717, 1.165) is 6.54 Å². The minimum absolute atomic E-state index is 0.483. The van der Waals surface area contributed by atoms with E-state index in [1.807, 2.05) is 0 Å². The number of likely N-dealkylation sites (tertiary alicyclic amines) is 1. The summed E-state index contributed by atoms with van der Waals surface area (Å²) < 4.78 is 1.38. The molecule has 1 aliphatic heterocycles. The smallest absolute Gasteiger partial charge is 0.0244 e. The van der Waals surface area contributed by atoms with Crippen LogP contribution in [0.5, 0.6) is 0 Å². The van der Waals surface area contributed by atoms with Gasteiger partial charge in [-0.25, -0.2) is 0 Å².